The second-order valence-corrected chi connectivity index (χ2v) is 6.56. The van der Waals surface area contributed by atoms with Crippen molar-refractivity contribution < 1.29 is 9.59 Å². The summed E-state index contributed by atoms with van der Waals surface area (Å²) < 4.78 is 0. The van der Waals surface area contributed by atoms with E-state index in [0.29, 0.717) is 0 Å². The normalized spacial score (nSPS) is 15.9. The van der Waals surface area contributed by atoms with E-state index in [-0.39, 0.29) is 23.9 Å². The van der Waals surface area contributed by atoms with Crippen LogP contribution < -0.4 is 5.32 Å². The van der Waals surface area contributed by atoms with Crippen molar-refractivity contribution in [1.82, 2.24) is 9.80 Å². The maximum absolute atomic E-state index is 12.5. The number of carbonyl (C=O) groups is 2. The summed E-state index contributed by atoms with van der Waals surface area (Å²) in [6.45, 7) is 9.11. The van der Waals surface area contributed by atoms with Crippen molar-refractivity contribution in [2.75, 3.05) is 18.9 Å². The van der Waals surface area contributed by atoms with Gasteiger partial charge in [-0.1, -0.05) is 12.1 Å². The molecule has 0 aliphatic carbocycles. The summed E-state index contributed by atoms with van der Waals surface area (Å²) in [5.41, 5.74) is 3.28. The quantitative estimate of drug-likeness (QED) is 0.927. The highest BCUT2D eigenvalue weighted by atomic mass is 16.2. The van der Waals surface area contributed by atoms with Crippen LogP contribution in [0.3, 0.4) is 0 Å². The molecule has 0 fully saturated rings. The number of carbonyl (C=O) groups excluding carboxylic acids is 2. The summed E-state index contributed by atoms with van der Waals surface area (Å²) in [7, 11) is 1.86. The number of benzene rings is 1. The van der Waals surface area contributed by atoms with Gasteiger partial charge in [0, 0.05) is 38.8 Å². The van der Waals surface area contributed by atoms with E-state index in [2.05, 4.69) is 16.3 Å². The van der Waals surface area contributed by atoms with Crippen molar-refractivity contribution in [3.63, 3.8) is 0 Å². The molecule has 1 aliphatic rings. The average Bonchev–Trinajstić information content (AvgIpc) is 2.51. The lowest BCUT2D eigenvalue weighted by Gasteiger charge is -2.36. The van der Waals surface area contributed by atoms with E-state index >= 15 is 0 Å². The van der Waals surface area contributed by atoms with Gasteiger partial charge in [-0.3, -0.25) is 14.5 Å². The number of fused-ring (bicyclic) bond motifs is 1. The summed E-state index contributed by atoms with van der Waals surface area (Å²) in [6.07, 6.45) is 0.842. The Morgan fingerprint density at radius 3 is 2.57 bits per heavy atom. The molecule has 1 heterocycles. The van der Waals surface area contributed by atoms with Crippen LogP contribution in [0.1, 0.15) is 38.8 Å². The largest absolute Gasteiger partial charge is 0.342 e. The Morgan fingerprint density at radius 1 is 1.26 bits per heavy atom. The predicted octanol–water partition coefficient (Wildman–Crippen LogP) is 2.26. The second kappa shape index (κ2) is 7.13. The van der Waals surface area contributed by atoms with Gasteiger partial charge in [0.2, 0.25) is 11.8 Å². The zero-order valence-corrected chi connectivity index (χ0v) is 14.7. The number of hydrogen-bond acceptors (Lipinski definition) is 3. The lowest BCUT2D eigenvalue weighted by Crippen LogP contribution is -2.49. The van der Waals surface area contributed by atoms with Crippen LogP contribution in [0.4, 0.5) is 5.69 Å². The minimum atomic E-state index is -0.139. The minimum Gasteiger partial charge on any atom is -0.342 e. The lowest BCUT2D eigenvalue weighted by molar-refractivity contribution is -0.137. The molecule has 0 aromatic heterocycles. The Bertz CT molecular complexity index is 598. The molecule has 23 heavy (non-hydrogen) atoms. The first-order valence-corrected chi connectivity index (χ1v) is 8.20. The van der Waals surface area contributed by atoms with Crippen molar-refractivity contribution in [2.45, 2.75) is 52.7 Å². The molecule has 5 heteroatoms. The lowest BCUT2D eigenvalue weighted by atomic mass is 9.96. The van der Waals surface area contributed by atoms with Gasteiger partial charge in [0.15, 0.2) is 0 Å². The van der Waals surface area contributed by atoms with Crippen LogP contribution in [0.25, 0.3) is 0 Å². The second-order valence-electron chi connectivity index (χ2n) is 6.56. The number of nitrogens with zero attached hydrogens (tertiary/aromatic N) is 2. The minimum absolute atomic E-state index is 0.0528. The van der Waals surface area contributed by atoms with E-state index in [0.717, 1.165) is 25.2 Å². The number of nitrogens with one attached hydrogen (secondary N) is 1. The number of hydrogen-bond donors (Lipinski definition) is 1. The summed E-state index contributed by atoms with van der Waals surface area (Å²) in [5, 5.41) is 2.90. The highest BCUT2D eigenvalue weighted by Gasteiger charge is 2.28. The van der Waals surface area contributed by atoms with Crippen molar-refractivity contribution >= 4 is 17.5 Å². The van der Waals surface area contributed by atoms with Crippen molar-refractivity contribution in [3.8, 4) is 0 Å². The first kappa shape index (κ1) is 17.5. The van der Waals surface area contributed by atoms with Crippen LogP contribution >= 0.6 is 0 Å². The molecule has 1 aromatic carbocycles. The molecule has 0 unspecified atom stereocenters. The Kier molecular flexibility index (Phi) is 5.42. The average molecular weight is 317 g/mol. The highest BCUT2D eigenvalue weighted by molar-refractivity contribution is 5.89. The SMILES string of the molecule is CC(=O)Nc1cccc2c1CCN([C@@H](C)C(=O)N(C)C(C)C)C2. The fourth-order valence-corrected chi connectivity index (χ4v) is 2.97. The van der Waals surface area contributed by atoms with E-state index in [1.807, 2.05) is 40.0 Å². The number of rotatable bonds is 4. The molecule has 1 aromatic rings. The maximum atomic E-state index is 12.5. The van der Waals surface area contributed by atoms with Crippen molar-refractivity contribution in [2.24, 2.45) is 0 Å². The van der Waals surface area contributed by atoms with Crippen LogP contribution in [-0.2, 0) is 22.6 Å². The van der Waals surface area contributed by atoms with E-state index in [9.17, 15) is 9.59 Å². The van der Waals surface area contributed by atoms with E-state index in [4.69, 9.17) is 0 Å². The molecule has 0 saturated carbocycles. The van der Waals surface area contributed by atoms with E-state index < -0.39 is 0 Å². The fourth-order valence-electron chi connectivity index (χ4n) is 2.97. The van der Waals surface area contributed by atoms with Gasteiger partial charge in [-0.05, 0) is 44.4 Å². The van der Waals surface area contributed by atoms with E-state index in [1.54, 1.807) is 4.90 Å². The fraction of sp³-hybridized carbons (Fsp3) is 0.556. The van der Waals surface area contributed by atoms with Gasteiger partial charge in [0.05, 0.1) is 6.04 Å². The zero-order valence-electron chi connectivity index (χ0n) is 14.7. The van der Waals surface area contributed by atoms with Gasteiger partial charge in [-0.25, -0.2) is 0 Å². The van der Waals surface area contributed by atoms with Gasteiger partial charge in [0.25, 0.3) is 0 Å². The molecule has 0 spiro atoms. The molecule has 0 saturated heterocycles. The van der Waals surface area contributed by atoms with Gasteiger partial charge < -0.3 is 10.2 Å². The van der Waals surface area contributed by atoms with Crippen LogP contribution in [-0.4, -0.2) is 47.3 Å². The summed E-state index contributed by atoms with van der Waals surface area (Å²) in [5.74, 6) is 0.101. The Balaban J connectivity index is 2.14. The molecule has 126 valence electrons. The summed E-state index contributed by atoms with van der Waals surface area (Å²) in [6, 6.07) is 6.04. The highest BCUT2D eigenvalue weighted by Crippen LogP contribution is 2.27. The molecule has 2 amide bonds. The smallest absolute Gasteiger partial charge is 0.239 e. The van der Waals surface area contributed by atoms with Gasteiger partial charge in [-0.2, -0.15) is 0 Å². The van der Waals surface area contributed by atoms with Crippen LogP contribution in [0.2, 0.25) is 0 Å². The molecule has 0 bridgehead atoms. The van der Waals surface area contributed by atoms with Crippen LogP contribution in [0.5, 0.6) is 0 Å². The molecule has 2 rings (SSSR count). The Labute approximate surface area is 138 Å². The first-order chi connectivity index (χ1) is 10.8. The Morgan fingerprint density at radius 2 is 1.96 bits per heavy atom. The maximum Gasteiger partial charge on any atom is 0.239 e. The molecular formula is C18H27N3O2. The van der Waals surface area contributed by atoms with Crippen molar-refractivity contribution in [3.05, 3.63) is 29.3 Å². The summed E-state index contributed by atoms with van der Waals surface area (Å²) >= 11 is 0. The summed E-state index contributed by atoms with van der Waals surface area (Å²) in [4.78, 5) is 27.9. The van der Waals surface area contributed by atoms with Crippen LogP contribution in [0.15, 0.2) is 18.2 Å². The molecule has 1 atom stereocenters. The molecule has 1 aliphatic heterocycles. The van der Waals surface area contributed by atoms with Crippen molar-refractivity contribution in [1.29, 1.82) is 0 Å². The van der Waals surface area contributed by atoms with Gasteiger partial charge in [0.1, 0.15) is 0 Å². The predicted molar refractivity (Wildman–Crippen MR) is 92.2 cm³/mol. The molecule has 5 nitrogen and oxygen atoms in total. The third-order valence-electron chi connectivity index (χ3n) is 4.63. The number of anilines is 1. The molecule has 1 N–H and O–H groups in total. The topological polar surface area (TPSA) is 52.7 Å². The molecular weight excluding hydrogens is 290 g/mol. The van der Waals surface area contributed by atoms with Gasteiger partial charge in [-0.15, -0.1) is 0 Å². The van der Waals surface area contributed by atoms with E-state index in [1.165, 1.54) is 18.1 Å². The van der Waals surface area contributed by atoms with Gasteiger partial charge >= 0.3 is 0 Å². The zero-order chi connectivity index (χ0) is 17.1. The first-order valence-electron chi connectivity index (χ1n) is 8.20. The van der Waals surface area contributed by atoms with Crippen LogP contribution in [0, 0.1) is 0 Å². The Hall–Kier alpha value is -1.88. The number of likely N-dealkylation sites (N-methyl/N-ethyl adjacent to an activating group) is 1. The monoisotopic (exact) mass is 317 g/mol. The third-order valence-corrected chi connectivity index (χ3v) is 4.63. The standard InChI is InChI=1S/C18H27N3O2/c1-12(2)20(5)18(23)13(3)21-10-9-16-15(11-21)7-6-8-17(16)19-14(4)22/h6-8,12-13H,9-11H2,1-5H3,(H,19,22)/t13-/m0/s1. The third kappa shape index (κ3) is 3.91. The number of amides is 2. The molecule has 0 radical (unpaired) electrons.